The first-order valence-electron chi connectivity index (χ1n) is 9.14. The van der Waals surface area contributed by atoms with Gasteiger partial charge in [-0.25, -0.2) is 0 Å². The lowest BCUT2D eigenvalue weighted by molar-refractivity contribution is 0.0215. The Balaban J connectivity index is 1.63. The van der Waals surface area contributed by atoms with Crippen LogP contribution in [0.5, 0.6) is 5.75 Å². The van der Waals surface area contributed by atoms with Crippen LogP contribution < -0.4 is 0 Å². The number of phenols is 1. The van der Waals surface area contributed by atoms with Crippen molar-refractivity contribution in [3.63, 3.8) is 0 Å². The largest absolute Gasteiger partial charge is 0.508 e. The van der Waals surface area contributed by atoms with Gasteiger partial charge in [-0.3, -0.25) is 4.90 Å². The molecule has 1 heterocycles. The molecule has 3 aliphatic rings. The van der Waals surface area contributed by atoms with Crippen molar-refractivity contribution < 1.29 is 5.11 Å². The maximum atomic E-state index is 9.92. The molecule has 1 saturated carbocycles. The second kappa shape index (κ2) is 5.26. The fraction of sp³-hybridized carbons (Fsp3) is 0.700. The van der Waals surface area contributed by atoms with Crippen LogP contribution in [0.1, 0.15) is 57.1 Å². The summed E-state index contributed by atoms with van der Waals surface area (Å²) in [7, 11) is 0. The Labute approximate surface area is 134 Å². The van der Waals surface area contributed by atoms with Crippen LogP contribution in [-0.2, 0) is 11.8 Å². The van der Waals surface area contributed by atoms with Gasteiger partial charge < -0.3 is 5.11 Å². The quantitative estimate of drug-likeness (QED) is 0.888. The third kappa shape index (κ3) is 2.19. The monoisotopic (exact) mass is 299 g/mol. The zero-order valence-electron chi connectivity index (χ0n) is 14.0. The van der Waals surface area contributed by atoms with Gasteiger partial charge >= 0.3 is 0 Å². The normalized spacial score (nSPS) is 35.5. The molecule has 3 atom stereocenters. The highest BCUT2D eigenvalue weighted by atomic mass is 16.3. The summed E-state index contributed by atoms with van der Waals surface area (Å²) in [5.41, 5.74) is 3.12. The number of aromatic hydroxyl groups is 1. The summed E-state index contributed by atoms with van der Waals surface area (Å²) in [5, 5.41) is 9.92. The fourth-order valence-corrected chi connectivity index (χ4v) is 5.45. The molecule has 120 valence electrons. The van der Waals surface area contributed by atoms with E-state index in [0.717, 1.165) is 5.92 Å². The van der Waals surface area contributed by atoms with Gasteiger partial charge in [-0.2, -0.15) is 0 Å². The first kappa shape index (κ1) is 14.6. The number of phenolic OH excluding ortho intramolecular Hbond substituents is 1. The molecule has 0 amide bonds. The molecule has 3 unspecified atom stereocenters. The van der Waals surface area contributed by atoms with E-state index in [1.165, 1.54) is 62.7 Å². The van der Waals surface area contributed by atoms with Gasteiger partial charge in [0.25, 0.3) is 0 Å². The van der Waals surface area contributed by atoms with E-state index in [1.807, 2.05) is 12.1 Å². The van der Waals surface area contributed by atoms with Crippen LogP contribution in [0, 0.1) is 11.8 Å². The molecule has 0 aromatic heterocycles. The van der Waals surface area contributed by atoms with Crippen LogP contribution in [-0.4, -0.2) is 29.1 Å². The highest BCUT2D eigenvalue weighted by Gasteiger charge is 2.48. The van der Waals surface area contributed by atoms with Crippen molar-refractivity contribution in [2.75, 3.05) is 13.1 Å². The Bertz CT molecular complexity index is 563. The Hall–Kier alpha value is -1.02. The predicted molar refractivity (Wildman–Crippen MR) is 90.3 cm³/mol. The van der Waals surface area contributed by atoms with Crippen LogP contribution in [0.4, 0.5) is 0 Å². The first-order valence-corrected chi connectivity index (χ1v) is 9.14. The molecule has 2 heteroatoms. The van der Waals surface area contributed by atoms with Crippen molar-refractivity contribution in [2.24, 2.45) is 11.8 Å². The average Bonchev–Trinajstić information content (AvgIpc) is 3.00. The van der Waals surface area contributed by atoms with Gasteiger partial charge in [-0.15, -0.1) is 0 Å². The zero-order valence-corrected chi connectivity index (χ0v) is 14.0. The summed E-state index contributed by atoms with van der Waals surface area (Å²) in [6.45, 7) is 7.42. The van der Waals surface area contributed by atoms with E-state index < -0.39 is 0 Å². The van der Waals surface area contributed by atoms with Crippen molar-refractivity contribution in [3.05, 3.63) is 29.3 Å². The van der Waals surface area contributed by atoms with Crippen molar-refractivity contribution in [3.8, 4) is 5.75 Å². The molecule has 1 aromatic rings. The Morgan fingerprint density at radius 1 is 1.27 bits per heavy atom. The third-order valence-corrected chi connectivity index (χ3v) is 7.07. The molecule has 0 spiro atoms. The topological polar surface area (TPSA) is 23.5 Å². The van der Waals surface area contributed by atoms with Crippen LogP contribution in [0.2, 0.25) is 0 Å². The van der Waals surface area contributed by atoms with E-state index in [2.05, 4.69) is 24.8 Å². The maximum Gasteiger partial charge on any atom is 0.115 e. The van der Waals surface area contributed by atoms with Crippen LogP contribution in [0.15, 0.2) is 18.2 Å². The zero-order chi connectivity index (χ0) is 15.3. The number of nitrogens with zero attached hydrogens (tertiary/aromatic N) is 1. The Kier molecular flexibility index (Phi) is 3.48. The number of rotatable bonds is 2. The molecule has 1 N–H and O–H groups in total. The average molecular weight is 299 g/mol. The third-order valence-electron chi connectivity index (χ3n) is 7.07. The molecule has 2 aliphatic carbocycles. The second-order valence-electron chi connectivity index (χ2n) is 8.21. The number of hydrogen-bond donors (Lipinski definition) is 1. The lowest BCUT2D eigenvalue weighted by atomic mass is 9.59. The summed E-state index contributed by atoms with van der Waals surface area (Å²) >= 11 is 0. The van der Waals surface area contributed by atoms with Crippen molar-refractivity contribution in [2.45, 2.75) is 63.8 Å². The van der Waals surface area contributed by atoms with E-state index in [4.69, 9.17) is 0 Å². The molecule has 4 rings (SSSR count). The lowest BCUT2D eigenvalue weighted by Crippen LogP contribution is -2.58. The van der Waals surface area contributed by atoms with Crippen molar-refractivity contribution >= 4 is 0 Å². The number of likely N-dealkylation sites (tertiary alicyclic amines) is 1. The number of benzene rings is 1. The lowest BCUT2D eigenvalue weighted by Gasteiger charge is -2.55. The molecule has 2 bridgehead atoms. The number of hydrogen-bond acceptors (Lipinski definition) is 2. The van der Waals surface area contributed by atoms with Crippen LogP contribution in [0.3, 0.4) is 0 Å². The van der Waals surface area contributed by atoms with E-state index in [-0.39, 0.29) is 5.41 Å². The smallest absolute Gasteiger partial charge is 0.115 e. The molecule has 1 aromatic carbocycles. The fourth-order valence-electron chi connectivity index (χ4n) is 5.45. The molecule has 0 radical (unpaired) electrons. The summed E-state index contributed by atoms with van der Waals surface area (Å²) in [6, 6.07) is 6.77. The predicted octanol–water partition coefficient (Wildman–Crippen LogP) is 4.11. The standard InChI is InChI=1S/C20H29NO/c1-14-19-11-16-7-8-17(22)12-18(16)20(14,2)9-10-21(19)13-15-5-3-4-6-15/h7-8,12,14-15,19,22H,3-6,9-11,13H2,1-2H3. The van der Waals surface area contributed by atoms with Gasteiger partial charge in [0, 0.05) is 12.6 Å². The number of fused-ring (bicyclic) bond motifs is 4. The Morgan fingerprint density at radius 2 is 2.05 bits per heavy atom. The molecular weight excluding hydrogens is 270 g/mol. The van der Waals surface area contributed by atoms with E-state index in [9.17, 15) is 5.11 Å². The molecule has 1 saturated heterocycles. The van der Waals surface area contributed by atoms with E-state index in [0.29, 0.717) is 17.7 Å². The minimum atomic E-state index is 0.239. The summed E-state index contributed by atoms with van der Waals surface area (Å²) in [6.07, 6.45) is 8.17. The molecule has 2 fully saturated rings. The highest BCUT2D eigenvalue weighted by molar-refractivity contribution is 5.44. The van der Waals surface area contributed by atoms with E-state index in [1.54, 1.807) is 0 Å². The molecule has 22 heavy (non-hydrogen) atoms. The van der Waals surface area contributed by atoms with Crippen LogP contribution >= 0.6 is 0 Å². The maximum absolute atomic E-state index is 9.92. The molecule has 2 nitrogen and oxygen atoms in total. The number of piperidine rings is 1. The van der Waals surface area contributed by atoms with Crippen molar-refractivity contribution in [1.82, 2.24) is 4.90 Å². The minimum absolute atomic E-state index is 0.239. The SMILES string of the molecule is CC1C2Cc3ccc(O)cc3C1(C)CCN2CC1CCCC1. The van der Waals surface area contributed by atoms with Crippen molar-refractivity contribution in [1.29, 1.82) is 0 Å². The van der Waals surface area contributed by atoms with Gasteiger partial charge in [-0.05, 0) is 72.7 Å². The van der Waals surface area contributed by atoms with Gasteiger partial charge in [0.2, 0.25) is 0 Å². The molecule has 1 aliphatic heterocycles. The summed E-state index contributed by atoms with van der Waals surface area (Å²) in [5.74, 6) is 2.05. The van der Waals surface area contributed by atoms with E-state index >= 15 is 0 Å². The second-order valence-corrected chi connectivity index (χ2v) is 8.21. The van der Waals surface area contributed by atoms with Gasteiger partial charge in [0.1, 0.15) is 5.75 Å². The highest BCUT2D eigenvalue weighted by Crippen LogP contribution is 2.49. The van der Waals surface area contributed by atoms with Gasteiger partial charge in [0.05, 0.1) is 0 Å². The summed E-state index contributed by atoms with van der Waals surface area (Å²) < 4.78 is 0. The summed E-state index contributed by atoms with van der Waals surface area (Å²) in [4.78, 5) is 2.80. The van der Waals surface area contributed by atoms with Crippen LogP contribution in [0.25, 0.3) is 0 Å². The Morgan fingerprint density at radius 3 is 2.82 bits per heavy atom. The van der Waals surface area contributed by atoms with Gasteiger partial charge in [0.15, 0.2) is 0 Å². The van der Waals surface area contributed by atoms with Gasteiger partial charge in [-0.1, -0.05) is 32.8 Å². The first-order chi connectivity index (χ1) is 10.6. The minimum Gasteiger partial charge on any atom is -0.508 e. The molecular formula is C20H29NO.